The molecule has 140 valence electrons. The molecule has 1 aliphatic rings. The van der Waals surface area contributed by atoms with Crippen LogP contribution in [-0.4, -0.2) is 47.4 Å². The summed E-state index contributed by atoms with van der Waals surface area (Å²) in [6, 6.07) is 0. The van der Waals surface area contributed by atoms with E-state index in [1.165, 1.54) is 0 Å². The van der Waals surface area contributed by atoms with Gasteiger partial charge in [0, 0.05) is 18.6 Å². The second-order valence-electron chi connectivity index (χ2n) is 7.61. The van der Waals surface area contributed by atoms with Gasteiger partial charge in [-0.1, -0.05) is 0 Å². The molecule has 2 heterocycles. The number of rotatable bonds is 3. The van der Waals surface area contributed by atoms with Crippen molar-refractivity contribution in [3.05, 3.63) is 10.2 Å². The lowest BCUT2D eigenvalue weighted by Gasteiger charge is -2.40. The molecular weight excluding hydrogens is 388 g/mol. The summed E-state index contributed by atoms with van der Waals surface area (Å²) in [5.41, 5.74) is 0.0374. The Hall–Kier alpha value is -1.57. The lowest BCUT2D eigenvalue weighted by molar-refractivity contribution is 0.0448. The van der Waals surface area contributed by atoms with Gasteiger partial charge in [0.1, 0.15) is 10.1 Å². The van der Waals surface area contributed by atoms with Gasteiger partial charge in [0.25, 0.3) is 0 Å². The number of carbonyl (C=O) groups is 1. The Balaban J connectivity index is 2.01. The van der Waals surface area contributed by atoms with Crippen molar-refractivity contribution in [3.8, 4) is 5.88 Å². The first-order valence-electron chi connectivity index (χ1n) is 8.37. The van der Waals surface area contributed by atoms with Gasteiger partial charge in [-0.05, 0) is 63.4 Å². The highest BCUT2D eigenvalue weighted by molar-refractivity contribution is 9.10. The van der Waals surface area contributed by atoms with Crippen LogP contribution < -0.4 is 15.0 Å². The highest BCUT2D eigenvalue weighted by Crippen LogP contribution is 2.30. The van der Waals surface area contributed by atoms with Crippen LogP contribution in [0.15, 0.2) is 4.47 Å². The van der Waals surface area contributed by atoms with E-state index in [2.05, 4.69) is 36.1 Å². The molecule has 1 aliphatic heterocycles. The lowest BCUT2D eigenvalue weighted by atomic mass is 9.90. The normalized spacial score (nSPS) is 17.2. The van der Waals surface area contributed by atoms with Crippen molar-refractivity contribution in [2.24, 2.45) is 0 Å². The van der Waals surface area contributed by atoms with E-state index in [1.807, 2.05) is 34.6 Å². The molecule has 0 bridgehead atoms. The number of piperidine rings is 1. The van der Waals surface area contributed by atoms with Crippen LogP contribution >= 0.6 is 15.9 Å². The number of aryl methyl sites for hydroxylation is 1. The van der Waals surface area contributed by atoms with Crippen LogP contribution in [0.4, 0.5) is 10.7 Å². The molecule has 8 heteroatoms. The number of hydrogen-bond acceptors (Lipinski definition) is 6. The smallest absolute Gasteiger partial charge is 0.408 e. The van der Waals surface area contributed by atoms with E-state index in [4.69, 9.17) is 9.47 Å². The van der Waals surface area contributed by atoms with Crippen molar-refractivity contribution in [1.82, 2.24) is 15.3 Å². The predicted octanol–water partition coefficient (Wildman–Crippen LogP) is 3.44. The van der Waals surface area contributed by atoms with Crippen LogP contribution in [-0.2, 0) is 4.74 Å². The van der Waals surface area contributed by atoms with Gasteiger partial charge >= 0.3 is 6.09 Å². The zero-order valence-corrected chi connectivity index (χ0v) is 17.4. The molecule has 0 unspecified atom stereocenters. The van der Waals surface area contributed by atoms with E-state index < -0.39 is 5.60 Å². The van der Waals surface area contributed by atoms with Gasteiger partial charge in [-0.15, -0.1) is 0 Å². The Morgan fingerprint density at radius 3 is 2.40 bits per heavy atom. The summed E-state index contributed by atoms with van der Waals surface area (Å²) in [4.78, 5) is 23.2. The average molecular weight is 415 g/mol. The first kappa shape index (κ1) is 19.8. The molecule has 2 rings (SSSR count). The molecule has 25 heavy (non-hydrogen) atoms. The fraction of sp³-hybridized carbons (Fsp3) is 0.706. The molecule has 0 atom stereocenters. The highest BCUT2D eigenvalue weighted by atomic mass is 79.9. The Labute approximate surface area is 157 Å². The second kappa shape index (κ2) is 7.35. The molecule has 0 radical (unpaired) electrons. The third kappa shape index (κ3) is 5.20. The standard InChI is InChI=1S/C17H27BrN4O3/c1-11-12(18)13(24-6)20-14(19-11)22-9-7-17(5,8-10-22)21-15(23)25-16(2,3)4/h7-10H2,1-6H3,(H,21,23). The van der Waals surface area contributed by atoms with E-state index in [-0.39, 0.29) is 11.6 Å². The van der Waals surface area contributed by atoms with Gasteiger partial charge in [-0.3, -0.25) is 0 Å². The van der Waals surface area contributed by atoms with Crippen LogP contribution in [0, 0.1) is 6.92 Å². The van der Waals surface area contributed by atoms with Gasteiger partial charge in [0.2, 0.25) is 11.8 Å². The summed E-state index contributed by atoms with van der Waals surface area (Å²) in [6.07, 6.45) is 1.20. The summed E-state index contributed by atoms with van der Waals surface area (Å²) < 4.78 is 11.4. The van der Waals surface area contributed by atoms with Crippen LogP contribution in [0.3, 0.4) is 0 Å². The minimum atomic E-state index is -0.500. The van der Waals surface area contributed by atoms with Crippen molar-refractivity contribution in [2.75, 3.05) is 25.1 Å². The third-order valence-electron chi connectivity index (χ3n) is 4.12. The van der Waals surface area contributed by atoms with Crippen molar-refractivity contribution in [2.45, 2.75) is 58.6 Å². The number of methoxy groups -OCH3 is 1. The van der Waals surface area contributed by atoms with Crippen LogP contribution in [0.5, 0.6) is 5.88 Å². The van der Waals surface area contributed by atoms with Crippen molar-refractivity contribution < 1.29 is 14.3 Å². The zero-order valence-electron chi connectivity index (χ0n) is 15.8. The van der Waals surface area contributed by atoms with E-state index in [9.17, 15) is 4.79 Å². The molecule has 7 nitrogen and oxygen atoms in total. The molecule has 0 spiro atoms. The summed E-state index contributed by atoms with van der Waals surface area (Å²) in [5.74, 6) is 1.18. The Bertz CT molecular complexity index is 638. The van der Waals surface area contributed by atoms with Gasteiger partial charge in [-0.25, -0.2) is 9.78 Å². The number of nitrogens with one attached hydrogen (secondary N) is 1. The minimum absolute atomic E-state index is 0.298. The number of anilines is 1. The number of carbonyl (C=O) groups excluding carboxylic acids is 1. The number of hydrogen-bond donors (Lipinski definition) is 1. The minimum Gasteiger partial charge on any atom is -0.480 e. The summed E-state index contributed by atoms with van der Waals surface area (Å²) >= 11 is 3.44. The molecule has 1 amide bonds. The maximum atomic E-state index is 12.1. The first-order valence-corrected chi connectivity index (χ1v) is 9.16. The number of nitrogens with zero attached hydrogens (tertiary/aromatic N) is 3. The summed E-state index contributed by atoms with van der Waals surface area (Å²) in [7, 11) is 1.59. The molecule has 0 saturated carbocycles. The fourth-order valence-electron chi connectivity index (χ4n) is 2.67. The van der Waals surface area contributed by atoms with E-state index in [0.717, 1.165) is 36.1 Å². The number of amides is 1. The molecule has 1 aromatic heterocycles. The fourth-order valence-corrected chi connectivity index (χ4v) is 3.01. The van der Waals surface area contributed by atoms with Crippen LogP contribution in [0.2, 0.25) is 0 Å². The third-order valence-corrected chi connectivity index (χ3v) is 5.03. The SMILES string of the molecule is COc1nc(N2CCC(C)(NC(=O)OC(C)(C)C)CC2)nc(C)c1Br. The van der Waals surface area contributed by atoms with Crippen molar-refractivity contribution in [3.63, 3.8) is 0 Å². The van der Waals surface area contributed by atoms with Crippen molar-refractivity contribution in [1.29, 1.82) is 0 Å². The highest BCUT2D eigenvalue weighted by Gasteiger charge is 2.34. The predicted molar refractivity (Wildman–Crippen MR) is 100 cm³/mol. The summed E-state index contributed by atoms with van der Waals surface area (Å²) in [6.45, 7) is 11.0. The first-order chi connectivity index (χ1) is 11.5. The van der Waals surface area contributed by atoms with Gasteiger partial charge < -0.3 is 19.7 Å². The largest absolute Gasteiger partial charge is 0.480 e. The number of ether oxygens (including phenoxy) is 2. The Morgan fingerprint density at radius 1 is 1.28 bits per heavy atom. The van der Waals surface area contributed by atoms with Gasteiger partial charge in [0.15, 0.2) is 0 Å². The van der Waals surface area contributed by atoms with E-state index in [0.29, 0.717) is 11.8 Å². The Kier molecular flexibility index (Phi) is 5.81. The monoisotopic (exact) mass is 414 g/mol. The molecular formula is C17H27BrN4O3. The lowest BCUT2D eigenvalue weighted by Crippen LogP contribution is -2.54. The van der Waals surface area contributed by atoms with E-state index >= 15 is 0 Å². The summed E-state index contributed by atoms with van der Waals surface area (Å²) in [5, 5.41) is 3.01. The quantitative estimate of drug-likeness (QED) is 0.815. The maximum absolute atomic E-state index is 12.1. The molecule has 1 N–H and O–H groups in total. The second-order valence-corrected chi connectivity index (χ2v) is 8.40. The molecule has 0 aromatic carbocycles. The average Bonchev–Trinajstić information content (AvgIpc) is 2.48. The Morgan fingerprint density at radius 2 is 1.88 bits per heavy atom. The molecule has 0 aliphatic carbocycles. The number of halogens is 1. The molecule has 1 saturated heterocycles. The molecule has 1 fully saturated rings. The number of aromatic nitrogens is 2. The van der Waals surface area contributed by atoms with Crippen LogP contribution in [0.1, 0.15) is 46.2 Å². The molecule has 1 aromatic rings. The number of alkyl carbamates (subject to hydrolysis) is 1. The van der Waals surface area contributed by atoms with Gasteiger partial charge in [-0.2, -0.15) is 4.98 Å². The maximum Gasteiger partial charge on any atom is 0.408 e. The topological polar surface area (TPSA) is 76.6 Å². The van der Waals surface area contributed by atoms with Crippen LogP contribution in [0.25, 0.3) is 0 Å². The van der Waals surface area contributed by atoms with Crippen molar-refractivity contribution >= 4 is 28.0 Å². The zero-order chi connectivity index (χ0) is 18.8. The van der Waals surface area contributed by atoms with Gasteiger partial charge in [0.05, 0.1) is 12.8 Å². The van der Waals surface area contributed by atoms with E-state index in [1.54, 1.807) is 7.11 Å².